The first-order valence-corrected chi connectivity index (χ1v) is 8.05. The summed E-state index contributed by atoms with van der Waals surface area (Å²) in [5.41, 5.74) is 4.15. The van der Waals surface area contributed by atoms with Crippen LogP contribution in [0.5, 0.6) is 5.75 Å². The predicted octanol–water partition coefficient (Wildman–Crippen LogP) is 3.28. The molecular formula is C19H21N3O2. The van der Waals surface area contributed by atoms with Gasteiger partial charge in [0.2, 0.25) is 0 Å². The Bertz CT molecular complexity index is 883. The van der Waals surface area contributed by atoms with E-state index in [2.05, 4.69) is 10.3 Å². The Hall–Kier alpha value is -2.82. The second-order valence-corrected chi connectivity index (χ2v) is 5.65. The molecule has 3 aromatic rings. The molecule has 5 nitrogen and oxygen atoms in total. The van der Waals surface area contributed by atoms with Gasteiger partial charge in [-0.2, -0.15) is 0 Å². The maximum Gasteiger partial charge on any atom is 0.270 e. The van der Waals surface area contributed by atoms with Crippen molar-refractivity contribution in [2.45, 2.75) is 27.3 Å². The fourth-order valence-corrected chi connectivity index (χ4v) is 2.77. The summed E-state index contributed by atoms with van der Waals surface area (Å²) >= 11 is 0. The van der Waals surface area contributed by atoms with E-state index in [9.17, 15) is 4.79 Å². The van der Waals surface area contributed by atoms with Gasteiger partial charge >= 0.3 is 0 Å². The standard InChI is InChI=1S/C19H21N3O2/c1-4-24-16-10-7-11-22-17(14(3)21-18(16)22)19(23)20-12-15-9-6-5-8-13(15)2/h5-11H,4,12H2,1-3H3,(H,20,23). The Labute approximate surface area is 141 Å². The summed E-state index contributed by atoms with van der Waals surface area (Å²) in [7, 11) is 0. The number of pyridine rings is 1. The molecule has 2 aromatic heterocycles. The van der Waals surface area contributed by atoms with E-state index >= 15 is 0 Å². The molecule has 5 heteroatoms. The van der Waals surface area contributed by atoms with Crippen LogP contribution >= 0.6 is 0 Å². The number of aryl methyl sites for hydroxylation is 2. The highest BCUT2D eigenvalue weighted by Crippen LogP contribution is 2.22. The molecule has 2 heterocycles. The zero-order valence-corrected chi connectivity index (χ0v) is 14.2. The summed E-state index contributed by atoms with van der Waals surface area (Å²) < 4.78 is 7.38. The second kappa shape index (κ2) is 6.74. The number of hydrogen-bond acceptors (Lipinski definition) is 3. The number of hydrogen-bond donors (Lipinski definition) is 1. The van der Waals surface area contributed by atoms with Crippen LogP contribution in [-0.2, 0) is 6.54 Å². The molecule has 0 saturated carbocycles. The third-order valence-electron chi connectivity index (χ3n) is 4.00. The van der Waals surface area contributed by atoms with Gasteiger partial charge < -0.3 is 10.1 Å². The number of carbonyl (C=O) groups is 1. The van der Waals surface area contributed by atoms with Crippen LogP contribution in [-0.4, -0.2) is 21.9 Å². The number of amides is 1. The van der Waals surface area contributed by atoms with Crippen LogP contribution in [0.2, 0.25) is 0 Å². The fourth-order valence-electron chi connectivity index (χ4n) is 2.77. The van der Waals surface area contributed by atoms with Crippen molar-refractivity contribution < 1.29 is 9.53 Å². The number of rotatable bonds is 5. The maximum atomic E-state index is 12.7. The van der Waals surface area contributed by atoms with Crippen molar-refractivity contribution in [1.82, 2.24) is 14.7 Å². The van der Waals surface area contributed by atoms with Gasteiger partial charge in [0.1, 0.15) is 5.69 Å². The van der Waals surface area contributed by atoms with E-state index in [1.807, 2.05) is 63.4 Å². The smallest absolute Gasteiger partial charge is 0.270 e. The van der Waals surface area contributed by atoms with E-state index in [0.717, 1.165) is 11.1 Å². The summed E-state index contributed by atoms with van der Waals surface area (Å²) in [5, 5.41) is 2.99. The lowest BCUT2D eigenvalue weighted by Crippen LogP contribution is -2.25. The van der Waals surface area contributed by atoms with Gasteiger partial charge in [0.25, 0.3) is 5.91 Å². The van der Waals surface area contributed by atoms with Gasteiger partial charge in [0, 0.05) is 12.7 Å². The zero-order valence-electron chi connectivity index (χ0n) is 14.2. The fraction of sp³-hybridized carbons (Fsp3) is 0.263. The Morgan fingerprint density at radius 1 is 1.21 bits per heavy atom. The number of fused-ring (bicyclic) bond motifs is 1. The van der Waals surface area contributed by atoms with E-state index < -0.39 is 0 Å². The van der Waals surface area contributed by atoms with Crippen LogP contribution < -0.4 is 10.1 Å². The van der Waals surface area contributed by atoms with Crippen LogP contribution in [0.25, 0.3) is 5.65 Å². The molecule has 124 valence electrons. The van der Waals surface area contributed by atoms with Gasteiger partial charge in [-0.25, -0.2) is 4.98 Å². The molecule has 3 rings (SSSR count). The van der Waals surface area contributed by atoms with Gasteiger partial charge in [-0.05, 0) is 44.0 Å². The number of benzene rings is 1. The molecule has 0 unspecified atom stereocenters. The highest BCUT2D eigenvalue weighted by molar-refractivity contribution is 5.95. The first-order valence-electron chi connectivity index (χ1n) is 8.05. The molecular weight excluding hydrogens is 302 g/mol. The normalized spacial score (nSPS) is 10.8. The highest BCUT2D eigenvalue weighted by Gasteiger charge is 2.18. The largest absolute Gasteiger partial charge is 0.490 e. The molecule has 1 amide bonds. The number of imidazole rings is 1. The quantitative estimate of drug-likeness (QED) is 0.784. The Morgan fingerprint density at radius 2 is 2.00 bits per heavy atom. The van der Waals surface area contributed by atoms with Crippen molar-refractivity contribution in [3.63, 3.8) is 0 Å². The van der Waals surface area contributed by atoms with Gasteiger partial charge in [0.05, 0.1) is 12.3 Å². The highest BCUT2D eigenvalue weighted by atomic mass is 16.5. The number of aromatic nitrogens is 2. The van der Waals surface area contributed by atoms with Crippen molar-refractivity contribution >= 4 is 11.6 Å². The lowest BCUT2D eigenvalue weighted by Gasteiger charge is -2.09. The van der Waals surface area contributed by atoms with Crippen LogP contribution in [0.3, 0.4) is 0 Å². The number of nitrogens with zero attached hydrogens (tertiary/aromatic N) is 2. The zero-order chi connectivity index (χ0) is 17.1. The summed E-state index contributed by atoms with van der Waals surface area (Å²) in [4.78, 5) is 17.2. The second-order valence-electron chi connectivity index (χ2n) is 5.65. The lowest BCUT2D eigenvalue weighted by atomic mass is 10.1. The van der Waals surface area contributed by atoms with E-state index in [0.29, 0.717) is 35.9 Å². The van der Waals surface area contributed by atoms with Gasteiger partial charge in [-0.15, -0.1) is 0 Å². The first kappa shape index (κ1) is 16.1. The summed E-state index contributed by atoms with van der Waals surface area (Å²) in [6.45, 7) is 6.85. The van der Waals surface area contributed by atoms with Crippen LogP contribution in [0, 0.1) is 13.8 Å². The summed E-state index contributed by atoms with van der Waals surface area (Å²) in [6.07, 6.45) is 1.83. The molecule has 0 fully saturated rings. The number of ether oxygens (including phenoxy) is 1. The third-order valence-corrected chi connectivity index (χ3v) is 4.00. The minimum Gasteiger partial charge on any atom is -0.490 e. The Morgan fingerprint density at radius 3 is 2.75 bits per heavy atom. The van der Waals surface area contributed by atoms with Crippen molar-refractivity contribution in [2.24, 2.45) is 0 Å². The van der Waals surface area contributed by atoms with Crippen molar-refractivity contribution in [3.8, 4) is 5.75 Å². The van der Waals surface area contributed by atoms with E-state index in [-0.39, 0.29) is 5.91 Å². The average Bonchev–Trinajstić information content (AvgIpc) is 2.91. The molecule has 0 saturated heterocycles. The molecule has 1 aromatic carbocycles. The van der Waals surface area contributed by atoms with Gasteiger partial charge in [-0.1, -0.05) is 24.3 Å². The van der Waals surface area contributed by atoms with Crippen molar-refractivity contribution in [3.05, 3.63) is 65.1 Å². The molecule has 0 spiro atoms. The lowest BCUT2D eigenvalue weighted by molar-refractivity contribution is 0.0944. The van der Waals surface area contributed by atoms with Crippen molar-refractivity contribution in [1.29, 1.82) is 0 Å². The minimum absolute atomic E-state index is 0.142. The average molecular weight is 323 g/mol. The molecule has 0 aliphatic carbocycles. The molecule has 0 aliphatic rings. The molecule has 0 aliphatic heterocycles. The summed E-state index contributed by atoms with van der Waals surface area (Å²) in [5.74, 6) is 0.540. The van der Waals surface area contributed by atoms with Crippen LogP contribution in [0.1, 0.15) is 34.2 Å². The monoisotopic (exact) mass is 323 g/mol. The van der Waals surface area contributed by atoms with Crippen molar-refractivity contribution in [2.75, 3.05) is 6.61 Å². The minimum atomic E-state index is -0.142. The number of carbonyl (C=O) groups excluding carboxylic acids is 1. The molecule has 0 bridgehead atoms. The Kier molecular flexibility index (Phi) is 4.51. The van der Waals surface area contributed by atoms with E-state index in [4.69, 9.17) is 4.74 Å². The maximum absolute atomic E-state index is 12.7. The van der Waals surface area contributed by atoms with Crippen LogP contribution in [0.4, 0.5) is 0 Å². The first-order chi connectivity index (χ1) is 11.6. The van der Waals surface area contributed by atoms with E-state index in [1.165, 1.54) is 0 Å². The summed E-state index contributed by atoms with van der Waals surface area (Å²) in [6, 6.07) is 11.7. The SMILES string of the molecule is CCOc1cccn2c(C(=O)NCc3ccccc3C)c(C)nc12. The molecule has 24 heavy (non-hydrogen) atoms. The van der Waals surface area contributed by atoms with Crippen LogP contribution in [0.15, 0.2) is 42.6 Å². The Balaban J connectivity index is 1.89. The third kappa shape index (κ3) is 2.97. The number of nitrogens with one attached hydrogen (secondary N) is 1. The van der Waals surface area contributed by atoms with Gasteiger partial charge in [-0.3, -0.25) is 9.20 Å². The van der Waals surface area contributed by atoms with E-state index in [1.54, 1.807) is 4.40 Å². The topological polar surface area (TPSA) is 55.6 Å². The molecule has 0 atom stereocenters. The predicted molar refractivity (Wildman–Crippen MR) is 93.4 cm³/mol. The molecule has 1 N–H and O–H groups in total. The van der Waals surface area contributed by atoms with Gasteiger partial charge in [0.15, 0.2) is 11.4 Å². The molecule has 0 radical (unpaired) electrons.